The number of hydrogen-bond acceptors (Lipinski definition) is 3. The number of aryl methyl sites for hydroxylation is 1. The second kappa shape index (κ2) is 4.33. The van der Waals surface area contributed by atoms with Gasteiger partial charge in [0.15, 0.2) is 0 Å². The molecule has 1 fully saturated rings. The van der Waals surface area contributed by atoms with Crippen molar-refractivity contribution in [3.8, 4) is 0 Å². The van der Waals surface area contributed by atoms with Gasteiger partial charge in [0.2, 0.25) is 0 Å². The zero-order valence-electron chi connectivity index (χ0n) is 9.44. The van der Waals surface area contributed by atoms with Crippen molar-refractivity contribution in [3.63, 3.8) is 0 Å². The van der Waals surface area contributed by atoms with Crippen molar-refractivity contribution in [3.05, 3.63) is 17.7 Å². The summed E-state index contributed by atoms with van der Waals surface area (Å²) in [7, 11) is 0. The van der Waals surface area contributed by atoms with Crippen molar-refractivity contribution in [2.45, 2.75) is 32.9 Å². The number of hydrogen-bond donors (Lipinski definition) is 1. The van der Waals surface area contributed by atoms with Crippen LogP contribution in [0.25, 0.3) is 0 Å². The van der Waals surface area contributed by atoms with Crippen LogP contribution in [0.15, 0.2) is 6.33 Å². The lowest BCUT2D eigenvalue weighted by Crippen LogP contribution is -2.34. The number of imidazole rings is 1. The molecule has 0 saturated carbocycles. The molecule has 0 amide bonds. The SMILES string of the molecule is Cc1ncn(CC(N)C2CCOC2)c1C. The molecule has 2 heterocycles. The fourth-order valence-corrected chi connectivity index (χ4v) is 1.99. The lowest BCUT2D eigenvalue weighted by Gasteiger charge is -2.18. The molecule has 0 spiro atoms. The lowest BCUT2D eigenvalue weighted by molar-refractivity contribution is 0.179. The molecule has 2 unspecified atom stereocenters. The van der Waals surface area contributed by atoms with E-state index >= 15 is 0 Å². The van der Waals surface area contributed by atoms with Crippen molar-refractivity contribution >= 4 is 0 Å². The normalized spacial score (nSPS) is 23.3. The van der Waals surface area contributed by atoms with Crippen molar-refractivity contribution in [2.24, 2.45) is 11.7 Å². The maximum Gasteiger partial charge on any atom is 0.0951 e. The molecule has 0 aromatic carbocycles. The average molecular weight is 209 g/mol. The third-order valence-electron chi connectivity index (χ3n) is 3.32. The van der Waals surface area contributed by atoms with Gasteiger partial charge < -0.3 is 15.0 Å². The zero-order valence-corrected chi connectivity index (χ0v) is 9.44. The number of nitrogens with two attached hydrogens (primary N) is 1. The van der Waals surface area contributed by atoms with Crippen LogP contribution in [-0.2, 0) is 11.3 Å². The third-order valence-corrected chi connectivity index (χ3v) is 3.32. The van der Waals surface area contributed by atoms with Gasteiger partial charge in [0.25, 0.3) is 0 Å². The van der Waals surface area contributed by atoms with Gasteiger partial charge in [0.1, 0.15) is 0 Å². The molecule has 4 nitrogen and oxygen atoms in total. The monoisotopic (exact) mass is 209 g/mol. The Bertz CT molecular complexity index is 329. The first-order valence-corrected chi connectivity index (χ1v) is 5.50. The molecule has 1 aliphatic heterocycles. The second-order valence-corrected chi connectivity index (χ2v) is 4.36. The number of nitrogens with zero attached hydrogens (tertiary/aromatic N) is 2. The van der Waals surface area contributed by atoms with Gasteiger partial charge in [-0.15, -0.1) is 0 Å². The van der Waals surface area contributed by atoms with Crippen molar-refractivity contribution in [2.75, 3.05) is 13.2 Å². The minimum Gasteiger partial charge on any atom is -0.381 e. The van der Waals surface area contributed by atoms with E-state index in [0.717, 1.165) is 31.9 Å². The molecule has 0 aliphatic carbocycles. The van der Waals surface area contributed by atoms with Gasteiger partial charge in [-0.05, 0) is 20.3 Å². The Morgan fingerprint density at radius 2 is 2.47 bits per heavy atom. The Balaban J connectivity index is 1.98. The highest BCUT2D eigenvalue weighted by molar-refractivity contribution is 5.08. The van der Waals surface area contributed by atoms with Crippen LogP contribution < -0.4 is 5.73 Å². The van der Waals surface area contributed by atoms with Gasteiger partial charge in [-0.3, -0.25) is 0 Å². The van der Waals surface area contributed by atoms with Crippen LogP contribution in [-0.4, -0.2) is 28.8 Å². The van der Waals surface area contributed by atoms with E-state index in [1.54, 1.807) is 0 Å². The van der Waals surface area contributed by atoms with Gasteiger partial charge in [-0.25, -0.2) is 4.98 Å². The molecule has 0 bridgehead atoms. The first-order chi connectivity index (χ1) is 7.18. The summed E-state index contributed by atoms with van der Waals surface area (Å²) in [6.07, 6.45) is 2.97. The maximum atomic E-state index is 6.16. The van der Waals surface area contributed by atoms with E-state index < -0.39 is 0 Å². The van der Waals surface area contributed by atoms with E-state index in [0.29, 0.717) is 5.92 Å². The highest BCUT2D eigenvalue weighted by Crippen LogP contribution is 2.17. The third kappa shape index (κ3) is 2.21. The molecular formula is C11H19N3O. The minimum atomic E-state index is 0.180. The molecule has 84 valence electrons. The topological polar surface area (TPSA) is 53.1 Å². The number of aromatic nitrogens is 2. The largest absolute Gasteiger partial charge is 0.381 e. The van der Waals surface area contributed by atoms with E-state index in [4.69, 9.17) is 10.5 Å². The van der Waals surface area contributed by atoms with Gasteiger partial charge in [-0.2, -0.15) is 0 Å². The molecular weight excluding hydrogens is 190 g/mol. The fraction of sp³-hybridized carbons (Fsp3) is 0.727. The highest BCUT2D eigenvalue weighted by atomic mass is 16.5. The molecule has 1 aromatic rings. The zero-order chi connectivity index (χ0) is 10.8. The van der Waals surface area contributed by atoms with Gasteiger partial charge in [-0.1, -0.05) is 0 Å². The van der Waals surface area contributed by atoms with Crippen LogP contribution in [0, 0.1) is 19.8 Å². The van der Waals surface area contributed by atoms with Crippen LogP contribution in [0.5, 0.6) is 0 Å². The lowest BCUT2D eigenvalue weighted by atomic mass is 10.00. The van der Waals surface area contributed by atoms with Crippen molar-refractivity contribution in [1.29, 1.82) is 0 Å². The Morgan fingerprint density at radius 3 is 3.00 bits per heavy atom. The Morgan fingerprint density at radius 1 is 1.67 bits per heavy atom. The Labute approximate surface area is 90.4 Å². The molecule has 2 rings (SSSR count). The number of rotatable bonds is 3. The summed E-state index contributed by atoms with van der Waals surface area (Å²) in [6, 6.07) is 0.180. The quantitative estimate of drug-likeness (QED) is 0.803. The smallest absolute Gasteiger partial charge is 0.0951 e. The van der Waals surface area contributed by atoms with Crippen LogP contribution in [0.2, 0.25) is 0 Å². The van der Waals surface area contributed by atoms with Crippen LogP contribution in [0.1, 0.15) is 17.8 Å². The van der Waals surface area contributed by atoms with Crippen LogP contribution in [0.4, 0.5) is 0 Å². The molecule has 1 saturated heterocycles. The predicted octanol–water partition coefficient (Wildman–Crippen LogP) is 0.864. The molecule has 2 atom stereocenters. The summed E-state index contributed by atoms with van der Waals surface area (Å²) < 4.78 is 7.48. The van der Waals surface area contributed by atoms with Gasteiger partial charge >= 0.3 is 0 Å². The van der Waals surface area contributed by atoms with Gasteiger partial charge in [0, 0.05) is 30.8 Å². The fourth-order valence-electron chi connectivity index (χ4n) is 1.99. The van der Waals surface area contributed by atoms with E-state index in [9.17, 15) is 0 Å². The summed E-state index contributed by atoms with van der Waals surface area (Å²) in [6.45, 7) is 6.63. The Kier molecular flexibility index (Phi) is 3.07. The van der Waals surface area contributed by atoms with E-state index in [2.05, 4.69) is 16.5 Å². The summed E-state index contributed by atoms with van der Waals surface area (Å²) in [4.78, 5) is 4.27. The summed E-state index contributed by atoms with van der Waals surface area (Å²) >= 11 is 0. The molecule has 1 aromatic heterocycles. The molecule has 1 aliphatic rings. The summed E-state index contributed by atoms with van der Waals surface area (Å²) in [5, 5.41) is 0. The van der Waals surface area contributed by atoms with Crippen molar-refractivity contribution < 1.29 is 4.74 Å². The van der Waals surface area contributed by atoms with Gasteiger partial charge in [0.05, 0.1) is 18.6 Å². The minimum absolute atomic E-state index is 0.180. The first kappa shape index (κ1) is 10.6. The van der Waals surface area contributed by atoms with Crippen LogP contribution >= 0.6 is 0 Å². The molecule has 2 N–H and O–H groups in total. The van der Waals surface area contributed by atoms with E-state index in [-0.39, 0.29) is 6.04 Å². The summed E-state index contributed by atoms with van der Waals surface area (Å²) in [5.41, 5.74) is 8.46. The molecule has 15 heavy (non-hydrogen) atoms. The second-order valence-electron chi connectivity index (χ2n) is 4.36. The standard InChI is InChI=1S/C11H19N3O/c1-8-9(2)14(7-13-8)5-11(12)10-3-4-15-6-10/h7,10-11H,3-6,12H2,1-2H3. The Hall–Kier alpha value is -0.870. The van der Waals surface area contributed by atoms with Crippen LogP contribution in [0.3, 0.4) is 0 Å². The first-order valence-electron chi connectivity index (χ1n) is 5.50. The average Bonchev–Trinajstić information content (AvgIpc) is 2.83. The number of ether oxygens (including phenoxy) is 1. The molecule has 4 heteroatoms. The predicted molar refractivity (Wildman–Crippen MR) is 58.6 cm³/mol. The van der Waals surface area contributed by atoms with Crippen molar-refractivity contribution in [1.82, 2.24) is 9.55 Å². The molecule has 0 radical (unpaired) electrons. The van der Waals surface area contributed by atoms with E-state index in [1.807, 2.05) is 13.3 Å². The highest BCUT2D eigenvalue weighted by Gasteiger charge is 2.23. The maximum absolute atomic E-state index is 6.16. The summed E-state index contributed by atoms with van der Waals surface area (Å²) in [5.74, 6) is 0.507. The van der Waals surface area contributed by atoms with E-state index in [1.165, 1.54) is 5.69 Å².